The molecule has 0 aliphatic rings. The van der Waals surface area contributed by atoms with Gasteiger partial charge in [0.1, 0.15) is 11.5 Å². The standard InChI is InChI=1S/C8H8F2N2O2/c1-3-4(8(13)14)2-5(6(9)10)12-7(3)11/h2,6H,1H3,(H2,11,12)(H,13,14). The van der Waals surface area contributed by atoms with Crippen LogP contribution in [0, 0.1) is 6.92 Å². The lowest BCUT2D eigenvalue weighted by molar-refractivity contribution is 0.0695. The van der Waals surface area contributed by atoms with Gasteiger partial charge in [0.25, 0.3) is 6.43 Å². The lowest BCUT2D eigenvalue weighted by Crippen LogP contribution is -2.07. The maximum atomic E-state index is 12.2. The van der Waals surface area contributed by atoms with E-state index in [9.17, 15) is 13.6 Å². The molecular formula is C8H8F2N2O2. The largest absolute Gasteiger partial charge is 0.478 e. The van der Waals surface area contributed by atoms with Gasteiger partial charge in [-0.05, 0) is 13.0 Å². The summed E-state index contributed by atoms with van der Waals surface area (Å²) in [5, 5.41) is 8.67. The van der Waals surface area contributed by atoms with E-state index in [1.165, 1.54) is 6.92 Å². The summed E-state index contributed by atoms with van der Waals surface area (Å²) in [6.45, 7) is 1.42. The Morgan fingerprint density at radius 1 is 1.64 bits per heavy atom. The fourth-order valence-corrected chi connectivity index (χ4v) is 0.983. The zero-order valence-corrected chi connectivity index (χ0v) is 7.29. The van der Waals surface area contributed by atoms with Crippen molar-refractivity contribution in [3.05, 3.63) is 22.9 Å². The van der Waals surface area contributed by atoms with Gasteiger partial charge in [-0.1, -0.05) is 0 Å². The van der Waals surface area contributed by atoms with Crippen molar-refractivity contribution in [2.24, 2.45) is 0 Å². The van der Waals surface area contributed by atoms with Crippen molar-refractivity contribution in [2.45, 2.75) is 13.3 Å². The highest BCUT2D eigenvalue weighted by atomic mass is 19.3. The van der Waals surface area contributed by atoms with E-state index < -0.39 is 18.1 Å². The molecule has 6 heteroatoms. The minimum Gasteiger partial charge on any atom is -0.478 e. The number of carboxylic acid groups (broad SMARTS) is 1. The third kappa shape index (κ3) is 1.78. The van der Waals surface area contributed by atoms with E-state index >= 15 is 0 Å². The second-order valence-electron chi connectivity index (χ2n) is 2.71. The summed E-state index contributed by atoms with van der Waals surface area (Å²) in [7, 11) is 0. The summed E-state index contributed by atoms with van der Waals surface area (Å²) in [4.78, 5) is 14.0. The van der Waals surface area contributed by atoms with E-state index in [0.717, 1.165) is 6.07 Å². The molecule has 0 unspecified atom stereocenters. The Morgan fingerprint density at radius 3 is 2.64 bits per heavy atom. The van der Waals surface area contributed by atoms with E-state index in [1.54, 1.807) is 0 Å². The summed E-state index contributed by atoms with van der Waals surface area (Å²) in [6, 6.07) is 0.832. The average molecular weight is 202 g/mol. The van der Waals surface area contributed by atoms with Crippen molar-refractivity contribution in [3.8, 4) is 0 Å². The van der Waals surface area contributed by atoms with Gasteiger partial charge in [0.15, 0.2) is 0 Å². The normalized spacial score (nSPS) is 10.6. The number of anilines is 1. The fourth-order valence-electron chi connectivity index (χ4n) is 0.983. The Morgan fingerprint density at radius 2 is 2.21 bits per heavy atom. The van der Waals surface area contributed by atoms with Crippen molar-refractivity contribution >= 4 is 11.8 Å². The second-order valence-corrected chi connectivity index (χ2v) is 2.71. The molecule has 0 aromatic carbocycles. The second kappa shape index (κ2) is 3.57. The van der Waals surface area contributed by atoms with E-state index in [-0.39, 0.29) is 16.9 Å². The predicted octanol–water partition coefficient (Wildman–Crippen LogP) is 1.61. The molecule has 1 rings (SSSR count). The number of nitrogens with two attached hydrogens (primary N) is 1. The molecule has 0 aliphatic heterocycles. The van der Waals surface area contributed by atoms with Gasteiger partial charge in [-0.2, -0.15) is 0 Å². The van der Waals surface area contributed by atoms with Gasteiger partial charge in [-0.3, -0.25) is 0 Å². The van der Waals surface area contributed by atoms with Crippen LogP contribution in [0.2, 0.25) is 0 Å². The summed E-state index contributed by atoms with van der Waals surface area (Å²) >= 11 is 0. The number of aromatic carboxylic acids is 1. The average Bonchev–Trinajstić information content (AvgIpc) is 2.08. The van der Waals surface area contributed by atoms with Crippen LogP contribution < -0.4 is 5.73 Å². The molecule has 1 heterocycles. The van der Waals surface area contributed by atoms with Crippen LogP contribution in [-0.4, -0.2) is 16.1 Å². The molecule has 3 N–H and O–H groups in total. The molecule has 14 heavy (non-hydrogen) atoms. The maximum absolute atomic E-state index is 12.2. The summed E-state index contributed by atoms with van der Waals surface area (Å²) in [6.07, 6.45) is -2.82. The summed E-state index contributed by atoms with van der Waals surface area (Å²) in [5.41, 5.74) is 4.62. The zero-order chi connectivity index (χ0) is 10.9. The molecule has 0 atom stereocenters. The number of carbonyl (C=O) groups is 1. The molecule has 0 saturated heterocycles. The Labute approximate surface area is 78.4 Å². The molecular weight excluding hydrogens is 194 g/mol. The first kappa shape index (κ1) is 10.4. The minimum atomic E-state index is -2.82. The number of hydrogen-bond acceptors (Lipinski definition) is 3. The number of hydrogen-bond donors (Lipinski definition) is 2. The van der Waals surface area contributed by atoms with Gasteiger partial charge in [0, 0.05) is 5.56 Å². The topological polar surface area (TPSA) is 76.2 Å². The number of rotatable bonds is 2. The van der Waals surface area contributed by atoms with Crippen molar-refractivity contribution < 1.29 is 18.7 Å². The zero-order valence-electron chi connectivity index (χ0n) is 7.29. The van der Waals surface area contributed by atoms with Crippen LogP contribution in [0.4, 0.5) is 14.6 Å². The van der Waals surface area contributed by atoms with Crippen LogP contribution >= 0.6 is 0 Å². The number of nitrogens with zero attached hydrogens (tertiary/aromatic N) is 1. The number of halogens is 2. The van der Waals surface area contributed by atoms with Gasteiger partial charge < -0.3 is 10.8 Å². The third-order valence-corrected chi connectivity index (χ3v) is 1.78. The molecule has 0 amide bonds. The van der Waals surface area contributed by atoms with Gasteiger partial charge in [0.05, 0.1) is 5.56 Å². The quantitative estimate of drug-likeness (QED) is 0.763. The Balaban J connectivity index is 3.35. The molecule has 4 nitrogen and oxygen atoms in total. The predicted molar refractivity (Wildman–Crippen MR) is 45.3 cm³/mol. The molecule has 0 radical (unpaired) electrons. The van der Waals surface area contributed by atoms with Crippen molar-refractivity contribution in [1.82, 2.24) is 4.98 Å². The fraction of sp³-hybridized carbons (Fsp3) is 0.250. The SMILES string of the molecule is Cc1c(C(=O)O)cc(C(F)F)nc1N. The molecule has 0 aliphatic carbocycles. The Hall–Kier alpha value is -1.72. The smallest absolute Gasteiger partial charge is 0.336 e. The highest BCUT2D eigenvalue weighted by Gasteiger charge is 2.17. The molecule has 1 aromatic rings. The lowest BCUT2D eigenvalue weighted by atomic mass is 10.1. The molecule has 0 bridgehead atoms. The molecule has 76 valence electrons. The van der Waals surface area contributed by atoms with Crippen LogP contribution in [-0.2, 0) is 0 Å². The number of nitrogen functional groups attached to an aromatic ring is 1. The molecule has 1 aromatic heterocycles. The molecule has 0 saturated carbocycles. The van der Waals surface area contributed by atoms with Gasteiger partial charge in [0.2, 0.25) is 0 Å². The maximum Gasteiger partial charge on any atom is 0.336 e. The van der Waals surface area contributed by atoms with Crippen LogP contribution in [0.5, 0.6) is 0 Å². The Kier molecular flexibility index (Phi) is 2.64. The van der Waals surface area contributed by atoms with E-state index in [2.05, 4.69) is 4.98 Å². The number of pyridine rings is 1. The van der Waals surface area contributed by atoms with Gasteiger partial charge in [-0.15, -0.1) is 0 Å². The highest BCUT2D eigenvalue weighted by molar-refractivity contribution is 5.90. The van der Waals surface area contributed by atoms with Crippen LogP contribution in [0.25, 0.3) is 0 Å². The minimum absolute atomic E-state index is 0.180. The number of carboxylic acids is 1. The number of aromatic nitrogens is 1. The first-order valence-electron chi connectivity index (χ1n) is 3.72. The van der Waals surface area contributed by atoms with Crippen molar-refractivity contribution in [1.29, 1.82) is 0 Å². The van der Waals surface area contributed by atoms with Gasteiger partial charge in [-0.25, -0.2) is 18.6 Å². The van der Waals surface area contributed by atoms with E-state index in [0.29, 0.717) is 0 Å². The summed E-state index contributed by atoms with van der Waals surface area (Å²) in [5.74, 6) is -1.47. The highest BCUT2D eigenvalue weighted by Crippen LogP contribution is 2.22. The molecule has 0 spiro atoms. The lowest BCUT2D eigenvalue weighted by Gasteiger charge is -2.06. The van der Waals surface area contributed by atoms with E-state index in [4.69, 9.17) is 10.8 Å². The monoisotopic (exact) mass is 202 g/mol. The molecule has 0 fully saturated rings. The van der Waals surface area contributed by atoms with Crippen molar-refractivity contribution in [2.75, 3.05) is 5.73 Å². The van der Waals surface area contributed by atoms with Gasteiger partial charge >= 0.3 is 5.97 Å². The van der Waals surface area contributed by atoms with Crippen LogP contribution in [0.1, 0.15) is 28.0 Å². The summed E-state index contributed by atoms with van der Waals surface area (Å²) < 4.78 is 24.4. The van der Waals surface area contributed by atoms with Crippen molar-refractivity contribution in [3.63, 3.8) is 0 Å². The first-order chi connectivity index (χ1) is 6.43. The first-order valence-corrected chi connectivity index (χ1v) is 3.72. The van der Waals surface area contributed by atoms with Crippen LogP contribution in [0.3, 0.4) is 0 Å². The van der Waals surface area contributed by atoms with Crippen LogP contribution in [0.15, 0.2) is 6.07 Å². The third-order valence-electron chi connectivity index (χ3n) is 1.78. The number of alkyl halides is 2. The Bertz CT molecular complexity index is 380. The van der Waals surface area contributed by atoms with E-state index in [1.807, 2.05) is 0 Å².